The van der Waals surface area contributed by atoms with E-state index in [1.54, 1.807) is 0 Å². The maximum atomic E-state index is 12.0. The molecule has 7 nitrogen and oxygen atoms in total. The van der Waals surface area contributed by atoms with Gasteiger partial charge in [-0.2, -0.15) is 0 Å². The van der Waals surface area contributed by atoms with Gasteiger partial charge in [0.05, 0.1) is 10.5 Å². The number of halogens is 1. The number of sulfonamides is 1. The van der Waals surface area contributed by atoms with E-state index in [9.17, 15) is 18.0 Å². The first-order valence-corrected chi connectivity index (χ1v) is 8.76. The maximum Gasteiger partial charge on any atom is 0.339 e. The highest BCUT2D eigenvalue weighted by atomic mass is 79.9. The summed E-state index contributed by atoms with van der Waals surface area (Å²) in [4.78, 5) is 23.3. The molecule has 0 bridgehead atoms. The Morgan fingerprint density at radius 2 is 2.00 bits per heavy atom. The molecule has 1 aromatic carbocycles. The van der Waals surface area contributed by atoms with Gasteiger partial charge in [0.25, 0.3) is 5.91 Å². The zero-order valence-corrected chi connectivity index (χ0v) is 14.6. The third kappa shape index (κ3) is 5.08. The van der Waals surface area contributed by atoms with Gasteiger partial charge in [-0.05, 0) is 47.6 Å². The van der Waals surface area contributed by atoms with Gasteiger partial charge in [0.2, 0.25) is 10.0 Å². The Kier molecular flexibility index (Phi) is 6.98. The topological polar surface area (TPSA) is 102 Å². The minimum atomic E-state index is -3.67. The Morgan fingerprint density at radius 1 is 1.32 bits per heavy atom. The van der Waals surface area contributed by atoms with Crippen molar-refractivity contribution >= 4 is 37.8 Å². The lowest BCUT2D eigenvalue weighted by molar-refractivity contribution is -0.124. The molecule has 1 amide bonds. The van der Waals surface area contributed by atoms with Crippen molar-refractivity contribution in [2.45, 2.75) is 18.2 Å². The normalized spacial score (nSPS) is 11.0. The third-order valence-electron chi connectivity index (χ3n) is 2.64. The number of carbonyl (C=O) groups is 2. The lowest BCUT2D eigenvalue weighted by atomic mass is 10.2. The van der Waals surface area contributed by atoms with Crippen molar-refractivity contribution in [1.82, 2.24) is 10.0 Å². The van der Waals surface area contributed by atoms with Crippen molar-refractivity contribution in [2.24, 2.45) is 0 Å². The molecule has 0 aliphatic heterocycles. The second-order valence-electron chi connectivity index (χ2n) is 4.28. The van der Waals surface area contributed by atoms with Gasteiger partial charge < -0.3 is 10.1 Å². The van der Waals surface area contributed by atoms with E-state index in [0.29, 0.717) is 11.0 Å². The molecule has 22 heavy (non-hydrogen) atoms. The Morgan fingerprint density at radius 3 is 2.59 bits per heavy atom. The van der Waals surface area contributed by atoms with Crippen LogP contribution in [0, 0.1) is 0 Å². The molecule has 0 saturated carbocycles. The standard InChI is InChI=1S/C13H17BrN2O5S/c1-3-6-16-12(17)8-21-13(18)10-7-9(4-5-11(10)14)22(19,20)15-2/h4-5,7,15H,3,6,8H2,1-2H3,(H,16,17). The van der Waals surface area contributed by atoms with Crippen molar-refractivity contribution in [3.05, 3.63) is 28.2 Å². The van der Waals surface area contributed by atoms with E-state index in [1.165, 1.54) is 25.2 Å². The van der Waals surface area contributed by atoms with Crippen LogP contribution < -0.4 is 10.0 Å². The molecule has 1 rings (SSSR count). The monoisotopic (exact) mass is 392 g/mol. The van der Waals surface area contributed by atoms with Crippen LogP contribution >= 0.6 is 15.9 Å². The first kappa shape index (κ1) is 18.6. The van der Waals surface area contributed by atoms with Crippen LogP contribution in [-0.2, 0) is 19.6 Å². The van der Waals surface area contributed by atoms with Crippen LogP contribution in [0.4, 0.5) is 0 Å². The first-order valence-electron chi connectivity index (χ1n) is 6.48. The van der Waals surface area contributed by atoms with E-state index < -0.39 is 28.5 Å². The van der Waals surface area contributed by atoms with Crippen LogP contribution in [0.15, 0.2) is 27.6 Å². The fourth-order valence-corrected chi connectivity index (χ4v) is 2.63. The summed E-state index contributed by atoms with van der Waals surface area (Å²) in [5, 5.41) is 2.56. The number of hydrogen-bond acceptors (Lipinski definition) is 5. The molecular weight excluding hydrogens is 376 g/mol. The zero-order valence-electron chi connectivity index (χ0n) is 12.2. The van der Waals surface area contributed by atoms with Crippen molar-refractivity contribution in [1.29, 1.82) is 0 Å². The van der Waals surface area contributed by atoms with Crippen LogP contribution in [-0.4, -0.2) is 40.5 Å². The summed E-state index contributed by atoms with van der Waals surface area (Å²) in [6.45, 7) is 1.97. The second kappa shape index (κ2) is 8.25. The van der Waals surface area contributed by atoms with Gasteiger partial charge in [-0.15, -0.1) is 0 Å². The molecule has 0 unspecified atom stereocenters. The van der Waals surface area contributed by atoms with Crippen LogP contribution in [0.25, 0.3) is 0 Å². The SMILES string of the molecule is CCCNC(=O)COC(=O)c1cc(S(=O)(=O)NC)ccc1Br. The number of rotatable bonds is 7. The highest BCUT2D eigenvalue weighted by molar-refractivity contribution is 9.10. The van der Waals surface area contributed by atoms with Gasteiger partial charge in [0.15, 0.2) is 6.61 Å². The molecule has 0 atom stereocenters. The fraction of sp³-hybridized carbons (Fsp3) is 0.385. The first-order chi connectivity index (χ1) is 10.3. The number of amides is 1. The van der Waals surface area contributed by atoms with E-state index in [0.717, 1.165) is 6.42 Å². The van der Waals surface area contributed by atoms with Gasteiger partial charge >= 0.3 is 5.97 Å². The van der Waals surface area contributed by atoms with Crippen LogP contribution in [0.2, 0.25) is 0 Å². The summed E-state index contributed by atoms with van der Waals surface area (Å²) < 4.78 is 30.9. The summed E-state index contributed by atoms with van der Waals surface area (Å²) in [6, 6.07) is 3.96. The quantitative estimate of drug-likeness (QED) is 0.675. The van der Waals surface area contributed by atoms with E-state index in [1.807, 2.05) is 6.92 Å². The van der Waals surface area contributed by atoms with Crippen molar-refractivity contribution in [3.63, 3.8) is 0 Å². The number of benzene rings is 1. The summed E-state index contributed by atoms with van der Waals surface area (Å²) in [7, 11) is -2.40. The highest BCUT2D eigenvalue weighted by Crippen LogP contribution is 2.21. The van der Waals surface area contributed by atoms with Crippen LogP contribution in [0.1, 0.15) is 23.7 Å². The lowest BCUT2D eigenvalue weighted by Gasteiger charge is -2.09. The summed E-state index contributed by atoms with van der Waals surface area (Å²) in [5.41, 5.74) is 0.0274. The molecule has 9 heteroatoms. The van der Waals surface area contributed by atoms with Crippen molar-refractivity contribution in [2.75, 3.05) is 20.2 Å². The summed E-state index contributed by atoms with van der Waals surface area (Å²) in [6.07, 6.45) is 0.773. The largest absolute Gasteiger partial charge is 0.452 e. The van der Waals surface area contributed by atoms with E-state index >= 15 is 0 Å². The molecule has 122 valence electrons. The predicted octanol–water partition coefficient (Wildman–Crippen LogP) is 1.04. The minimum Gasteiger partial charge on any atom is -0.452 e. The van der Waals surface area contributed by atoms with Crippen molar-refractivity contribution in [3.8, 4) is 0 Å². The van der Waals surface area contributed by atoms with Gasteiger partial charge in [0.1, 0.15) is 0 Å². The number of ether oxygens (including phenoxy) is 1. The lowest BCUT2D eigenvalue weighted by Crippen LogP contribution is -2.29. The fourth-order valence-electron chi connectivity index (χ4n) is 1.47. The van der Waals surface area contributed by atoms with Gasteiger partial charge in [-0.1, -0.05) is 6.92 Å². The molecule has 0 saturated heterocycles. The molecule has 0 fully saturated rings. The third-order valence-corrected chi connectivity index (χ3v) is 4.75. The van der Waals surface area contributed by atoms with E-state index in [4.69, 9.17) is 4.74 Å². The maximum absolute atomic E-state index is 12.0. The Hall–Kier alpha value is -1.45. The Balaban J connectivity index is 2.85. The molecule has 0 aliphatic carbocycles. The number of carbonyl (C=O) groups excluding carboxylic acids is 2. The van der Waals surface area contributed by atoms with Gasteiger partial charge in [-0.25, -0.2) is 17.9 Å². The summed E-state index contributed by atoms with van der Waals surface area (Å²) >= 11 is 3.15. The molecule has 0 heterocycles. The van der Waals surface area contributed by atoms with E-state index in [2.05, 4.69) is 26.0 Å². The van der Waals surface area contributed by atoms with Crippen molar-refractivity contribution < 1.29 is 22.7 Å². The molecule has 0 aliphatic rings. The average molecular weight is 393 g/mol. The minimum absolute atomic E-state index is 0.0274. The molecule has 0 spiro atoms. The Bertz CT molecular complexity index is 660. The second-order valence-corrected chi connectivity index (χ2v) is 7.02. The summed E-state index contributed by atoms with van der Waals surface area (Å²) in [5.74, 6) is -1.20. The smallest absolute Gasteiger partial charge is 0.339 e. The Labute approximate surface area is 137 Å². The molecule has 0 radical (unpaired) electrons. The van der Waals surface area contributed by atoms with Crippen LogP contribution in [0.3, 0.4) is 0 Å². The van der Waals surface area contributed by atoms with Gasteiger partial charge in [-0.3, -0.25) is 4.79 Å². The van der Waals surface area contributed by atoms with E-state index in [-0.39, 0.29) is 10.5 Å². The zero-order chi connectivity index (χ0) is 16.8. The molecule has 1 aromatic rings. The van der Waals surface area contributed by atoms with Gasteiger partial charge in [0, 0.05) is 11.0 Å². The predicted molar refractivity (Wildman–Crippen MR) is 84.0 cm³/mol. The molecule has 2 N–H and O–H groups in total. The highest BCUT2D eigenvalue weighted by Gasteiger charge is 2.18. The number of esters is 1. The molecular formula is C13H17BrN2O5S. The average Bonchev–Trinajstić information content (AvgIpc) is 2.50. The number of nitrogens with one attached hydrogen (secondary N) is 2. The number of hydrogen-bond donors (Lipinski definition) is 2. The van der Waals surface area contributed by atoms with Crippen LogP contribution in [0.5, 0.6) is 0 Å². The molecule has 0 aromatic heterocycles.